The maximum atomic E-state index is 12.2. The summed E-state index contributed by atoms with van der Waals surface area (Å²) in [5.74, 6) is 0.873. The van der Waals surface area contributed by atoms with Crippen LogP contribution < -0.4 is 5.32 Å². The number of fused-ring (bicyclic) bond motifs is 1. The number of benzene rings is 2. The van der Waals surface area contributed by atoms with Gasteiger partial charge in [-0.1, -0.05) is 58.4 Å². The van der Waals surface area contributed by atoms with Crippen LogP contribution in [0, 0.1) is 0 Å². The number of carbonyl (C=O) groups excluding carboxylic acids is 1. The molecule has 0 unspecified atom stereocenters. The van der Waals surface area contributed by atoms with Crippen LogP contribution in [0.1, 0.15) is 29.0 Å². The summed E-state index contributed by atoms with van der Waals surface area (Å²) in [5.41, 5.74) is 3.35. The third-order valence-electron chi connectivity index (χ3n) is 4.32. The fraction of sp³-hybridized carbons (Fsp3) is 0.158. The average Bonchev–Trinajstić information content (AvgIpc) is 2.98. The second kappa shape index (κ2) is 6.24. The second-order valence-electron chi connectivity index (χ2n) is 5.95. The van der Waals surface area contributed by atoms with Gasteiger partial charge < -0.3 is 5.32 Å². The summed E-state index contributed by atoms with van der Waals surface area (Å²) < 4.78 is 2.89. The molecule has 3 aromatic rings. The Balaban J connectivity index is 1.72. The lowest BCUT2D eigenvalue weighted by Gasteiger charge is -2.24. The molecule has 4 rings (SSSR count). The van der Waals surface area contributed by atoms with E-state index in [4.69, 9.17) is 0 Å². The summed E-state index contributed by atoms with van der Waals surface area (Å²) in [6.45, 7) is 0.641. The molecule has 120 valence electrons. The van der Waals surface area contributed by atoms with Crippen LogP contribution in [-0.2, 0) is 11.3 Å². The van der Waals surface area contributed by atoms with Crippen molar-refractivity contribution in [3.63, 3.8) is 0 Å². The molecule has 1 N–H and O–H groups in total. The molecule has 0 saturated heterocycles. The molecule has 1 aromatic heterocycles. The predicted octanol–water partition coefficient (Wildman–Crippen LogP) is 4.17. The fourth-order valence-corrected chi connectivity index (χ4v) is 3.58. The maximum absolute atomic E-state index is 12.2. The number of hydrogen-bond acceptors (Lipinski definition) is 2. The van der Waals surface area contributed by atoms with E-state index >= 15 is 0 Å². The van der Waals surface area contributed by atoms with Gasteiger partial charge >= 0.3 is 0 Å². The standard InChI is InChI=1S/C19H16BrN3O/c20-15-8-4-7-14(9-15)16-10-18(24)22-19-17(16)11-21-23(19)12-13-5-2-1-3-6-13/h1-9,11,16H,10,12H2,(H,22,24)/t16-/m0/s1. The molecule has 1 aliphatic rings. The lowest BCUT2D eigenvalue weighted by atomic mass is 9.87. The lowest BCUT2D eigenvalue weighted by molar-refractivity contribution is -0.116. The van der Waals surface area contributed by atoms with Crippen LogP contribution in [-0.4, -0.2) is 15.7 Å². The van der Waals surface area contributed by atoms with Gasteiger partial charge in [0.05, 0.1) is 12.7 Å². The molecule has 1 aliphatic heterocycles. The molecule has 0 radical (unpaired) electrons. The first-order valence-electron chi connectivity index (χ1n) is 7.85. The van der Waals surface area contributed by atoms with Crippen molar-refractivity contribution in [1.82, 2.24) is 9.78 Å². The van der Waals surface area contributed by atoms with E-state index in [1.54, 1.807) is 0 Å². The fourth-order valence-electron chi connectivity index (χ4n) is 3.17. The molecule has 0 saturated carbocycles. The van der Waals surface area contributed by atoms with Gasteiger partial charge in [-0.15, -0.1) is 0 Å². The second-order valence-corrected chi connectivity index (χ2v) is 6.87. The zero-order valence-corrected chi connectivity index (χ0v) is 14.5. The number of halogens is 1. The molecule has 1 atom stereocenters. The number of rotatable bonds is 3. The molecule has 0 fully saturated rings. The third kappa shape index (κ3) is 2.87. The first-order chi connectivity index (χ1) is 11.7. The largest absolute Gasteiger partial charge is 0.311 e. The highest BCUT2D eigenvalue weighted by Gasteiger charge is 2.30. The molecule has 0 bridgehead atoms. The number of aromatic nitrogens is 2. The molecule has 4 nitrogen and oxygen atoms in total. The maximum Gasteiger partial charge on any atom is 0.226 e. The molecular formula is C19H16BrN3O. The molecule has 0 spiro atoms. The number of nitrogens with one attached hydrogen (secondary N) is 1. The highest BCUT2D eigenvalue weighted by atomic mass is 79.9. The number of carbonyl (C=O) groups is 1. The Morgan fingerprint density at radius 3 is 2.79 bits per heavy atom. The minimum atomic E-state index is 0.0299. The van der Waals surface area contributed by atoms with Gasteiger partial charge in [0.15, 0.2) is 0 Å². The Kier molecular flexibility index (Phi) is 3.94. The number of hydrogen-bond donors (Lipinski definition) is 1. The van der Waals surface area contributed by atoms with Gasteiger partial charge in [0, 0.05) is 22.4 Å². The summed E-state index contributed by atoms with van der Waals surface area (Å²) in [5, 5.41) is 7.51. The normalized spacial score (nSPS) is 16.5. The van der Waals surface area contributed by atoms with E-state index in [2.05, 4.69) is 50.6 Å². The Hall–Kier alpha value is -2.40. The van der Waals surface area contributed by atoms with Crippen LogP contribution in [0.5, 0.6) is 0 Å². The molecule has 2 heterocycles. The van der Waals surface area contributed by atoms with E-state index in [9.17, 15) is 4.79 Å². The van der Waals surface area contributed by atoms with Crippen molar-refractivity contribution < 1.29 is 4.79 Å². The monoisotopic (exact) mass is 381 g/mol. The van der Waals surface area contributed by atoms with Gasteiger partial charge in [-0.25, -0.2) is 4.68 Å². The first-order valence-corrected chi connectivity index (χ1v) is 8.65. The molecule has 5 heteroatoms. The van der Waals surface area contributed by atoms with Crippen molar-refractivity contribution in [2.45, 2.75) is 18.9 Å². The minimum Gasteiger partial charge on any atom is -0.311 e. The highest BCUT2D eigenvalue weighted by Crippen LogP contribution is 2.37. The summed E-state index contributed by atoms with van der Waals surface area (Å²) in [7, 11) is 0. The topological polar surface area (TPSA) is 46.9 Å². The Bertz CT molecular complexity index is 889. The van der Waals surface area contributed by atoms with Crippen molar-refractivity contribution in [2.24, 2.45) is 0 Å². The van der Waals surface area contributed by atoms with Gasteiger partial charge in [-0.05, 0) is 23.3 Å². The van der Waals surface area contributed by atoms with Crippen LogP contribution in [0.15, 0.2) is 65.3 Å². The summed E-state index contributed by atoms with van der Waals surface area (Å²) in [4.78, 5) is 12.2. The van der Waals surface area contributed by atoms with Gasteiger partial charge in [0.2, 0.25) is 5.91 Å². The Morgan fingerprint density at radius 2 is 2.00 bits per heavy atom. The van der Waals surface area contributed by atoms with E-state index < -0.39 is 0 Å². The number of amides is 1. The highest BCUT2D eigenvalue weighted by molar-refractivity contribution is 9.10. The quantitative estimate of drug-likeness (QED) is 0.739. The lowest BCUT2D eigenvalue weighted by Crippen LogP contribution is -2.25. The van der Waals surface area contributed by atoms with Crippen LogP contribution in [0.3, 0.4) is 0 Å². The van der Waals surface area contributed by atoms with Gasteiger partial charge in [-0.3, -0.25) is 4.79 Å². The van der Waals surface area contributed by atoms with E-state index in [-0.39, 0.29) is 11.8 Å². The van der Waals surface area contributed by atoms with Crippen molar-refractivity contribution in [3.8, 4) is 0 Å². The van der Waals surface area contributed by atoms with Crippen molar-refractivity contribution in [3.05, 3.63) is 82.0 Å². The van der Waals surface area contributed by atoms with Crippen molar-refractivity contribution in [1.29, 1.82) is 0 Å². The number of anilines is 1. The first kappa shape index (κ1) is 15.1. The van der Waals surface area contributed by atoms with Gasteiger partial charge in [0.25, 0.3) is 0 Å². The average molecular weight is 382 g/mol. The zero-order valence-electron chi connectivity index (χ0n) is 12.9. The van der Waals surface area contributed by atoms with Gasteiger partial charge in [0.1, 0.15) is 5.82 Å². The van der Waals surface area contributed by atoms with Crippen LogP contribution >= 0.6 is 15.9 Å². The third-order valence-corrected chi connectivity index (χ3v) is 4.81. The van der Waals surface area contributed by atoms with Crippen molar-refractivity contribution >= 4 is 27.7 Å². The molecule has 0 aliphatic carbocycles. The Morgan fingerprint density at radius 1 is 1.17 bits per heavy atom. The van der Waals surface area contributed by atoms with E-state index in [0.717, 1.165) is 27.0 Å². The SMILES string of the molecule is O=C1C[C@@H](c2cccc(Br)c2)c2cnn(Cc3ccccc3)c2N1. The smallest absolute Gasteiger partial charge is 0.226 e. The Labute approximate surface area is 148 Å². The molecule has 2 aromatic carbocycles. The predicted molar refractivity (Wildman–Crippen MR) is 97.0 cm³/mol. The van der Waals surface area contributed by atoms with Crippen LogP contribution in [0.25, 0.3) is 0 Å². The van der Waals surface area contributed by atoms with E-state index in [1.165, 1.54) is 0 Å². The summed E-state index contributed by atoms with van der Waals surface area (Å²) in [6.07, 6.45) is 2.32. The van der Waals surface area contributed by atoms with E-state index in [0.29, 0.717) is 13.0 Å². The van der Waals surface area contributed by atoms with Crippen LogP contribution in [0.4, 0.5) is 5.82 Å². The zero-order chi connectivity index (χ0) is 16.5. The van der Waals surface area contributed by atoms with Crippen molar-refractivity contribution in [2.75, 3.05) is 5.32 Å². The minimum absolute atomic E-state index is 0.0299. The molecule has 24 heavy (non-hydrogen) atoms. The van der Waals surface area contributed by atoms with Crippen LogP contribution in [0.2, 0.25) is 0 Å². The molecule has 1 amide bonds. The molecular weight excluding hydrogens is 366 g/mol. The summed E-state index contributed by atoms with van der Waals surface area (Å²) >= 11 is 3.51. The van der Waals surface area contributed by atoms with Gasteiger partial charge in [-0.2, -0.15) is 5.10 Å². The summed E-state index contributed by atoms with van der Waals surface area (Å²) in [6, 6.07) is 18.3. The number of nitrogens with zero attached hydrogens (tertiary/aromatic N) is 2. The van der Waals surface area contributed by atoms with E-state index in [1.807, 2.05) is 41.2 Å².